The highest BCUT2D eigenvalue weighted by Crippen LogP contribution is 2.16. The molecule has 0 unspecified atom stereocenters. The lowest BCUT2D eigenvalue weighted by molar-refractivity contribution is -0.123. The highest BCUT2D eigenvalue weighted by Gasteiger charge is 2.12. The molecule has 5 nitrogen and oxygen atoms in total. The smallest absolute Gasteiger partial charge is 0.258 e. The van der Waals surface area contributed by atoms with Gasteiger partial charge in [0, 0.05) is 0 Å². The average molecular weight is 273 g/mol. The van der Waals surface area contributed by atoms with E-state index in [0.29, 0.717) is 23.4 Å². The molecule has 1 atom stereocenters. The Kier molecular flexibility index (Phi) is 4.55. The van der Waals surface area contributed by atoms with Gasteiger partial charge in [0.2, 0.25) is 0 Å². The number of furan rings is 1. The van der Waals surface area contributed by atoms with Gasteiger partial charge in [-0.3, -0.25) is 9.59 Å². The van der Waals surface area contributed by atoms with Crippen LogP contribution in [-0.2, 0) is 4.79 Å². The van der Waals surface area contributed by atoms with Gasteiger partial charge in [0.05, 0.1) is 17.9 Å². The van der Waals surface area contributed by atoms with Crippen molar-refractivity contribution in [2.75, 3.05) is 6.61 Å². The number of amides is 1. The molecule has 1 amide bonds. The first-order valence-electron chi connectivity index (χ1n) is 6.20. The predicted octanol–water partition coefficient (Wildman–Crippen LogP) is 2.35. The topological polar surface area (TPSA) is 68.5 Å². The normalized spacial score (nSPS) is 11.7. The molecule has 1 aromatic carbocycles. The third kappa shape index (κ3) is 3.47. The summed E-state index contributed by atoms with van der Waals surface area (Å²) in [6.45, 7) is 1.66. The zero-order valence-electron chi connectivity index (χ0n) is 11.0. The van der Waals surface area contributed by atoms with E-state index in [9.17, 15) is 9.59 Å². The van der Waals surface area contributed by atoms with E-state index in [1.165, 1.54) is 0 Å². The second-order valence-corrected chi connectivity index (χ2v) is 4.25. The van der Waals surface area contributed by atoms with Gasteiger partial charge in [-0.2, -0.15) is 0 Å². The lowest BCUT2D eigenvalue weighted by atomic mass is 10.2. The lowest BCUT2D eigenvalue weighted by Gasteiger charge is -2.12. The van der Waals surface area contributed by atoms with Gasteiger partial charge < -0.3 is 14.5 Å². The molecule has 0 spiro atoms. The fraction of sp³-hybridized carbons (Fsp3) is 0.200. The minimum atomic E-state index is -0.283. The zero-order chi connectivity index (χ0) is 14.4. The molecule has 0 fully saturated rings. The molecule has 0 saturated carbocycles. The van der Waals surface area contributed by atoms with E-state index < -0.39 is 0 Å². The maximum absolute atomic E-state index is 11.8. The largest absolute Gasteiger partial charge is 0.483 e. The minimum absolute atomic E-state index is 0.157. The number of ether oxygens (including phenoxy) is 1. The monoisotopic (exact) mass is 273 g/mol. The first-order chi connectivity index (χ1) is 9.70. The summed E-state index contributed by atoms with van der Waals surface area (Å²) in [5.41, 5.74) is 0.416. The zero-order valence-corrected chi connectivity index (χ0v) is 11.0. The molecular formula is C15H15NO4. The van der Waals surface area contributed by atoms with Crippen LogP contribution in [0.1, 0.15) is 29.1 Å². The molecule has 1 N–H and O–H groups in total. The Morgan fingerprint density at radius 1 is 1.35 bits per heavy atom. The van der Waals surface area contributed by atoms with Crippen LogP contribution < -0.4 is 10.1 Å². The predicted molar refractivity (Wildman–Crippen MR) is 72.6 cm³/mol. The molecule has 0 aliphatic carbocycles. The van der Waals surface area contributed by atoms with E-state index in [2.05, 4.69) is 5.32 Å². The van der Waals surface area contributed by atoms with Crippen LogP contribution in [0.2, 0.25) is 0 Å². The van der Waals surface area contributed by atoms with Gasteiger partial charge in [-0.05, 0) is 31.2 Å². The molecule has 0 saturated heterocycles. The number of rotatable bonds is 6. The van der Waals surface area contributed by atoms with E-state index >= 15 is 0 Å². The molecule has 1 aromatic heterocycles. The second kappa shape index (κ2) is 6.56. The van der Waals surface area contributed by atoms with Crippen molar-refractivity contribution in [3.8, 4) is 5.75 Å². The van der Waals surface area contributed by atoms with Gasteiger partial charge >= 0.3 is 0 Å². The van der Waals surface area contributed by atoms with Gasteiger partial charge in [0.1, 0.15) is 11.5 Å². The molecule has 0 aliphatic heterocycles. The van der Waals surface area contributed by atoms with Crippen molar-refractivity contribution in [2.45, 2.75) is 13.0 Å². The fourth-order valence-electron chi connectivity index (χ4n) is 1.74. The molecule has 1 heterocycles. The van der Waals surface area contributed by atoms with Crippen molar-refractivity contribution >= 4 is 12.2 Å². The summed E-state index contributed by atoms with van der Waals surface area (Å²) >= 11 is 0. The van der Waals surface area contributed by atoms with Crippen molar-refractivity contribution in [2.24, 2.45) is 0 Å². The summed E-state index contributed by atoms with van der Waals surface area (Å²) < 4.78 is 10.5. The quantitative estimate of drug-likeness (QED) is 0.820. The summed E-state index contributed by atoms with van der Waals surface area (Å²) in [5, 5.41) is 2.74. The van der Waals surface area contributed by atoms with Crippen LogP contribution in [0.4, 0.5) is 0 Å². The van der Waals surface area contributed by atoms with Crippen LogP contribution in [0.25, 0.3) is 0 Å². The van der Waals surface area contributed by atoms with E-state index in [1.54, 1.807) is 42.7 Å². The maximum atomic E-state index is 11.8. The van der Waals surface area contributed by atoms with E-state index in [0.717, 1.165) is 0 Å². The van der Waals surface area contributed by atoms with E-state index in [1.807, 2.05) is 6.92 Å². The summed E-state index contributed by atoms with van der Waals surface area (Å²) in [6.07, 6.45) is 2.24. The Hall–Kier alpha value is -2.56. The van der Waals surface area contributed by atoms with Gasteiger partial charge in [-0.15, -0.1) is 0 Å². The SMILES string of the molecule is C[C@H](NC(=O)COc1ccccc1C=O)c1ccco1. The third-order valence-electron chi connectivity index (χ3n) is 2.75. The van der Waals surface area contributed by atoms with Crippen molar-refractivity contribution in [1.29, 1.82) is 0 Å². The number of benzene rings is 1. The number of hydrogen-bond donors (Lipinski definition) is 1. The minimum Gasteiger partial charge on any atom is -0.483 e. The average Bonchev–Trinajstić information content (AvgIpc) is 2.99. The number of carbonyl (C=O) groups excluding carboxylic acids is 2. The Balaban J connectivity index is 1.88. The first kappa shape index (κ1) is 13.9. The van der Waals surface area contributed by atoms with Gasteiger partial charge in [0.25, 0.3) is 5.91 Å². The molecular weight excluding hydrogens is 258 g/mol. The maximum Gasteiger partial charge on any atom is 0.258 e. The summed E-state index contributed by atoms with van der Waals surface area (Å²) in [4.78, 5) is 22.6. The van der Waals surface area contributed by atoms with Crippen LogP contribution in [0.15, 0.2) is 47.1 Å². The molecule has 2 rings (SSSR count). The van der Waals surface area contributed by atoms with Crippen LogP contribution in [0.3, 0.4) is 0 Å². The first-order valence-corrected chi connectivity index (χ1v) is 6.20. The number of aldehydes is 1. The Morgan fingerprint density at radius 3 is 2.85 bits per heavy atom. The molecule has 0 bridgehead atoms. The van der Waals surface area contributed by atoms with Gasteiger partial charge in [-0.25, -0.2) is 0 Å². The molecule has 0 radical (unpaired) electrons. The lowest BCUT2D eigenvalue weighted by Crippen LogP contribution is -2.31. The van der Waals surface area contributed by atoms with Crippen LogP contribution in [-0.4, -0.2) is 18.8 Å². The number of carbonyl (C=O) groups is 2. The van der Waals surface area contributed by atoms with Gasteiger partial charge in [0.15, 0.2) is 12.9 Å². The van der Waals surface area contributed by atoms with Crippen LogP contribution in [0.5, 0.6) is 5.75 Å². The van der Waals surface area contributed by atoms with Crippen molar-refractivity contribution < 1.29 is 18.7 Å². The van der Waals surface area contributed by atoms with Crippen LogP contribution in [0, 0.1) is 0 Å². The summed E-state index contributed by atoms with van der Waals surface area (Å²) in [7, 11) is 0. The summed E-state index contributed by atoms with van der Waals surface area (Å²) in [5.74, 6) is 0.782. The molecule has 5 heteroatoms. The molecule has 2 aromatic rings. The van der Waals surface area contributed by atoms with Crippen LogP contribution >= 0.6 is 0 Å². The Labute approximate surface area is 116 Å². The Bertz CT molecular complexity index is 577. The number of para-hydroxylation sites is 1. The second-order valence-electron chi connectivity index (χ2n) is 4.25. The summed E-state index contributed by atoms with van der Waals surface area (Å²) in [6, 6.07) is 10.1. The van der Waals surface area contributed by atoms with Gasteiger partial charge in [-0.1, -0.05) is 12.1 Å². The molecule has 0 aliphatic rings. The molecule has 104 valence electrons. The van der Waals surface area contributed by atoms with Crippen molar-refractivity contribution in [1.82, 2.24) is 5.32 Å². The van der Waals surface area contributed by atoms with Crippen molar-refractivity contribution in [3.63, 3.8) is 0 Å². The third-order valence-corrected chi connectivity index (χ3v) is 2.75. The molecule has 20 heavy (non-hydrogen) atoms. The Morgan fingerprint density at radius 2 is 2.15 bits per heavy atom. The van der Waals surface area contributed by atoms with E-state index in [-0.39, 0.29) is 18.6 Å². The van der Waals surface area contributed by atoms with E-state index in [4.69, 9.17) is 9.15 Å². The van der Waals surface area contributed by atoms with Crippen molar-refractivity contribution in [3.05, 3.63) is 54.0 Å². The highest BCUT2D eigenvalue weighted by molar-refractivity contribution is 5.80. The standard InChI is InChI=1S/C15H15NO4/c1-11(13-7-4-8-19-13)16-15(18)10-20-14-6-3-2-5-12(14)9-17/h2-9,11H,10H2,1H3,(H,16,18)/t11-/m0/s1. The number of hydrogen-bond acceptors (Lipinski definition) is 4. The number of nitrogens with one attached hydrogen (secondary N) is 1. The fourth-order valence-corrected chi connectivity index (χ4v) is 1.74. The highest BCUT2D eigenvalue weighted by atomic mass is 16.5.